The number of carbonyl (C=O) groups is 1. The molecule has 0 aliphatic carbocycles. The van der Waals surface area contributed by atoms with Crippen LogP contribution in [0.3, 0.4) is 0 Å². The summed E-state index contributed by atoms with van der Waals surface area (Å²) in [5.74, 6) is 0.233. The van der Waals surface area contributed by atoms with E-state index in [0.717, 1.165) is 25.7 Å². The Bertz CT molecular complexity index is 301. The van der Waals surface area contributed by atoms with E-state index in [0.29, 0.717) is 0 Å². The maximum atomic E-state index is 12.8. The lowest BCUT2D eigenvalue weighted by molar-refractivity contribution is -0.155. The van der Waals surface area contributed by atoms with Crippen LogP contribution in [0.15, 0.2) is 0 Å². The summed E-state index contributed by atoms with van der Waals surface area (Å²) in [6, 6.07) is 0. The third kappa shape index (κ3) is 14.6. The first kappa shape index (κ1) is 25.5. The highest BCUT2D eigenvalue weighted by molar-refractivity contribution is 5.72. The molecule has 2 unspecified atom stereocenters. The molecule has 0 aliphatic rings. The van der Waals surface area contributed by atoms with Crippen molar-refractivity contribution >= 4 is 5.97 Å². The van der Waals surface area contributed by atoms with Crippen molar-refractivity contribution in [2.75, 3.05) is 0 Å². The molecule has 0 aromatic carbocycles. The van der Waals surface area contributed by atoms with Crippen LogP contribution in [-0.4, -0.2) is 12.1 Å². The standard InChI is InChI=1S/C24H48O2/c1-5-9-12-14-15-18-20-22(19-17-13-10-6-2)24(25)26-23(8-4)21-16-11-7-3/h22-23H,5-21H2,1-4H3. The van der Waals surface area contributed by atoms with Crippen LogP contribution < -0.4 is 0 Å². The molecule has 2 heteroatoms. The molecule has 0 fully saturated rings. The lowest BCUT2D eigenvalue weighted by Crippen LogP contribution is -2.24. The molecule has 0 spiro atoms. The third-order valence-electron chi connectivity index (χ3n) is 5.51. The van der Waals surface area contributed by atoms with Crippen molar-refractivity contribution in [3.8, 4) is 0 Å². The number of hydrogen-bond donors (Lipinski definition) is 0. The summed E-state index contributed by atoms with van der Waals surface area (Å²) in [7, 11) is 0. The fourth-order valence-electron chi connectivity index (χ4n) is 3.60. The largest absolute Gasteiger partial charge is 0.462 e. The minimum Gasteiger partial charge on any atom is -0.462 e. The zero-order valence-electron chi connectivity index (χ0n) is 18.5. The van der Waals surface area contributed by atoms with E-state index < -0.39 is 0 Å². The Hall–Kier alpha value is -0.530. The second kappa shape index (κ2) is 19.2. The van der Waals surface area contributed by atoms with E-state index in [4.69, 9.17) is 4.74 Å². The SMILES string of the molecule is CCCCCCCCC(CCCCCC)C(=O)OC(CC)CCCCC. The van der Waals surface area contributed by atoms with Gasteiger partial charge in [-0.2, -0.15) is 0 Å². The van der Waals surface area contributed by atoms with Crippen molar-refractivity contribution in [3.05, 3.63) is 0 Å². The zero-order chi connectivity index (χ0) is 19.5. The fraction of sp³-hybridized carbons (Fsp3) is 0.958. The molecule has 0 aliphatic heterocycles. The molecule has 0 amide bonds. The average molecular weight is 369 g/mol. The minimum atomic E-state index is 0.0957. The van der Waals surface area contributed by atoms with Crippen molar-refractivity contribution in [3.63, 3.8) is 0 Å². The number of unbranched alkanes of at least 4 members (excludes halogenated alkanes) is 10. The predicted molar refractivity (Wildman–Crippen MR) is 115 cm³/mol. The highest BCUT2D eigenvalue weighted by atomic mass is 16.5. The molecule has 156 valence electrons. The molecule has 0 N–H and O–H groups in total. The highest BCUT2D eigenvalue weighted by Crippen LogP contribution is 2.22. The molecule has 0 aromatic heterocycles. The quantitative estimate of drug-likeness (QED) is 0.169. The lowest BCUT2D eigenvalue weighted by Gasteiger charge is -2.21. The second-order valence-corrected chi connectivity index (χ2v) is 8.07. The molecule has 0 saturated carbocycles. The summed E-state index contributed by atoms with van der Waals surface area (Å²) < 4.78 is 5.92. The van der Waals surface area contributed by atoms with E-state index in [1.54, 1.807) is 0 Å². The van der Waals surface area contributed by atoms with Crippen LogP contribution in [0.25, 0.3) is 0 Å². The molecule has 0 bridgehead atoms. The Labute approximate surface area is 164 Å². The zero-order valence-corrected chi connectivity index (χ0v) is 18.5. The van der Waals surface area contributed by atoms with Gasteiger partial charge in [0.05, 0.1) is 5.92 Å². The summed E-state index contributed by atoms with van der Waals surface area (Å²) >= 11 is 0. The number of esters is 1. The van der Waals surface area contributed by atoms with Crippen molar-refractivity contribution in [2.24, 2.45) is 5.92 Å². The highest BCUT2D eigenvalue weighted by Gasteiger charge is 2.22. The van der Waals surface area contributed by atoms with Gasteiger partial charge in [-0.25, -0.2) is 0 Å². The van der Waals surface area contributed by atoms with Crippen LogP contribution in [0, 0.1) is 5.92 Å². The Morgan fingerprint density at radius 2 is 1.04 bits per heavy atom. The van der Waals surface area contributed by atoms with Crippen LogP contribution in [0.1, 0.15) is 137 Å². The number of ether oxygens (including phenoxy) is 1. The molecule has 0 radical (unpaired) electrons. The Morgan fingerprint density at radius 1 is 0.615 bits per heavy atom. The van der Waals surface area contributed by atoms with Gasteiger partial charge >= 0.3 is 5.97 Å². The summed E-state index contributed by atoms with van der Waals surface area (Å²) in [5.41, 5.74) is 0. The van der Waals surface area contributed by atoms with Gasteiger partial charge in [0.15, 0.2) is 0 Å². The van der Waals surface area contributed by atoms with E-state index >= 15 is 0 Å². The van der Waals surface area contributed by atoms with Gasteiger partial charge in [-0.15, -0.1) is 0 Å². The monoisotopic (exact) mass is 368 g/mol. The van der Waals surface area contributed by atoms with Gasteiger partial charge in [-0.3, -0.25) is 4.79 Å². The number of rotatable bonds is 19. The van der Waals surface area contributed by atoms with E-state index in [9.17, 15) is 4.79 Å². The maximum Gasteiger partial charge on any atom is 0.309 e. The Morgan fingerprint density at radius 3 is 1.58 bits per heavy atom. The van der Waals surface area contributed by atoms with Gasteiger partial charge in [0, 0.05) is 0 Å². The first-order valence-corrected chi connectivity index (χ1v) is 11.9. The van der Waals surface area contributed by atoms with Crippen molar-refractivity contribution in [1.82, 2.24) is 0 Å². The Balaban J connectivity index is 4.32. The molecule has 2 nitrogen and oxygen atoms in total. The van der Waals surface area contributed by atoms with Gasteiger partial charge in [0.1, 0.15) is 6.10 Å². The second-order valence-electron chi connectivity index (χ2n) is 8.07. The van der Waals surface area contributed by atoms with Gasteiger partial charge in [0.2, 0.25) is 0 Å². The topological polar surface area (TPSA) is 26.3 Å². The van der Waals surface area contributed by atoms with Gasteiger partial charge in [-0.05, 0) is 32.1 Å². The number of carbonyl (C=O) groups excluding carboxylic acids is 1. The average Bonchev–Trinajstić information content (AvgIpc) is 2.65. The smallest absolute Gasteiger partial charge is 0.309 e. The Kier molecular flexibility index (Phi) is 18.8. The van der Waals surface area contributed by atoms with E-state index in [1.807, 2.05) is 0 Å². The van der Waals surface area contributed by atoms with Crippen molar-refractivity contribution in [1.29, 1.82) is 0 Å². The molecule has 0 saturated heterocycles. The molecule has 26 heavy (non-hydrogen) atoms. The maximum absolute atomic E-state index is 12.8. The van der Waals surface area contributed by atoms with Crippen LogP contribution in [0.2, 0.25) is 0 Å². The minimum absolute atomic E-state index is 0.0957. The molecule has 0 aromatic rings. The van der Waals surface area contributed by atoms with Crippen LogP contribution in [0.4, 0.5) is 0 Å². The fourth-order valence-corrected chi connectivity index (χ4v) is 3.60. The molecule has 2 atom stereocenters. The number of hydrogen-bond acceptors (Lipinski definition) is 2. The molecular weight excluding hydrogens is 320 g/mol. The van der Waals surface area contributed by atoms with Crippen LogP contribution in [0.5, 0.6) is 0 Å². The van der Waals surface area contributed by atoms with Gasteiger partial charge in [-0.1, -0.05) is 105 Å². The van der Waals surface area contributed by atoms with E-state index in [1.165, 1.54) is 83.5 Å². The van der Waals surface area contributed by atoms with Crippen molar-refractivity contribution in [2.45, 2.75) is 143 Å². The normalized spacial score (nSPS) is 13.5. The lowest BCUT2D eigenvalue weighted by atomic mass is 9.94. The first-order chi connectivity index (χ1) is 12.7. The summed E-state index contributed by atoms with van der Waals surface area (Å²) in [6.07, 6.45) is 20.6. The summed E-state index contributed by atoms with van der Waals surface area (Å²) in [4.78, 5) is 12.8. The van der Waals surface area contributed by atoms with E-state index in [-0.39, 0.29) is 18.0 Å². The first-order valence-electron chi connectivity index (χ1n) is 11.9. The molecular formula is C24H48O2. The van der Waals surface area contributed by atoms with E-state index in [2.05, 4.69) is 27.7 Å². The van der Waals surface area contributed by atoms with Gasteiger partial charge < -0.3 is 4.74 Å². The molecule has 0 rings (SSSR count). The third-order valence-corrected chi connectivity index (χ3v) is 5.51. The summed E-state index contributed by atoms with van der Waals surface area (Å²) in [5, 5.41) is 0. The molecule has 0 heterocycles. The summed E-state index contributed by atoms with van der Waals surface area (Å²) in [6.45, 7) is 8.87. The van der Waals surface area contributed by atoms with Crippen molar-refractivity contribution < 1.29 is 9.53 Å². The van der Waals surface area contributed by atoms with Crippen LogP contribution in [-0.2, 0) is 9.53 Å². The van der Waals surface area contributed by atoms with Gasteiger partial charge in [0.25, 0.3) is 0 Å². The predicted octanol–water partition coefficient (Wildman–Crippen LogP) is 8.23. The van der Waals surface area contributed by atoms with Crippen LogP contribution >= 0.6 is 0 Å².